The molecule has 47 heavy (non-hydrogen) atoms. The zero-order valence-corrected chi connectivity index (χ0v) is 29.5. The minimum Gasteiger partial charge on any atom is -0.282 e. The van der Waals surface area contributed by atoms with Gasteiger partial charge in [0.1, 0.15) is 0 Å². The van der Waals surface area contributed by atoms with Gasteiger partial charge in [-0.05, 0) is 120 Å². The fourth-order valence-corrected chi connectivity index (χ4v) is 7.96. The standard InChI is InChI=1S/C43H48O3S/c1-7-33-23-29(5)24-34(8-2)40(33)27-31-15-19-37(20-16-31)43(39-13-11-12-14-42(39)47(44,45)46)38-21-17-32(18-22-38)28-41-35(9-3)25-30(6)26-36(41)10-4/h11-26,43H,7-10,27-28H2,1-6H3,(H,44,45,46). The van der Waals surface area contributed by atoms with Gasteiger partial charge in [0.15, 0.2) is 0 Å². The molecule has 4 heteroatoms. The van der Waals surface area contributed by atoms with Crippen LogP contribution in [0.25, 0.3) is 0 Å². The monoisotopic (exact) mass is 644 g/mol. The SMILES string of the molecule is CCc1cc(C)cc(CC)c1Cc1ccc(C(c2ccc(Cc3c(CC)cc(C)cc3CC)cc2)c2ccccc2S(=O)(=O)O)cc1. The Morgan fingerprint density at radius 2 is 0.915 bits per heavy atom. The van der Waals surface area contributed by atoms with Crippen molar-refractivity contribution in [1.29, 1.82) is 0 Å². The first kappa shape index (κ1) is 34.3. The number of hydrogen-bond acceptors (Lipinski definition) is 2. The Bertz CT molecular complexity index is 1800. The Balaban J connectivity index is 1.54. The van der Waals surface area contributed by atoms with Gasteiger partial charge in [-0.2, -0.15) is 8.42 Å². The molecule has 0 atom stereocenters. The van der Waals surface area contributed by atoms with Gasteiger partial charge in [-0.25, -0.2) is 0 Å². The Morgan fingerprint density at radius 3 is 1.26 bits per heavy atom. The Morgan fingerprint density at radius 1 is 0.553 bits per heavy atom. The summed E-state index contributed by atoms with van der Waals surface area (Å²) < 4.78 is 35.4. The summed E-state index contributed by atoms with van der Waals surface area (Å²) in [4.78, 5) is -0.0576. The van der Waals surface area contributed by atoms with E-state index in [1.54, 1.807) is 6.07 Å². The second-order valence-electron chi connectivity index (χ2n) is 12.8. The molecule has 3 nitrogen and oxygen atoms in total. The first-order valence-corrected chi connectivity index (χ1v) is 18.5. The van der Waals surface area contributed by atoms with Crippen molar-refractivity contribution in [2.24, 2.45) is 0 Å². The van der Waals surface area contributed by atoms with Crippen LogP contribution in [-0.4, -0.2) is 13.0 Å². The summed E-state index contributed by atoms with van der Waals surface area (Å²) in [6.45, 7) is 13.2. The van der Waals surface area contributed by atoms with E-state index in [1.165, 1.54) is 61.7 Å². The highest BCUT2D eigenvalue weighted by Gasteiger charge is 2.25. The fraction of sp³-hybridized carbons (Fsp3) is 0.302. The largest absolute Gasteiger partial charge is 0.294 e. The topological polar surface area (TPSA) is 54.4 Å². The van der Waals surface area contributed by atoms with Crippen molar-refractivity contribution in [2.75, 3.05) is 0 Å². The fourth-order valence-electron chi connectivity index (χ4n) is 7.23. The zero-order valence-electron chi connectivity index (χ0n) is 28.7. The molecule has 0 spiro atoms. The molecule has 5 aromatic carbocycles. The van der Waals surface area contributed by atoms with Gasteiger partial charge in [-0.3, -0.25) is 4.55 Å². The van der Waals surface area contributed by atoms with Crippen LogP contribution >= 0.6 is 0 Å². The van der Waals surface area contributed by atoms with Crippen LogP contribution in [0.15, 0.2) is 102 Å². The molecule has 1 N–H and O–H groups in total. The molecule has 244 valence electrons. The average molecular weight is 645 g/mol. The van der Waals surface area contributed by atoms with Gasteiger partial charge in [0.05, 0.1) is 4.90 Å². The summed E-state index contributed by atoms with van der Waals surface area (Å²) in [6.07, 6.45) is 5.69. The molecule has 0 saturated heterocycles. The molecule has 0 saturated carbocycles. The highest BCUT2D eigenvalue weighted by Crippen LogP contribution is 2.37. The van der Waals surface area contributed by atoms with Crippen LogP contribution in [0.1, 0.15) is 106 Å². The van der Waals surface area contributed by atoms with Crippen molar-refractivity contribution in [3.63, 3.8) is 0 Å². The first-order chi connectivity index (χ1) is 22.6. The van der Waals surface area contributed by atoms with Crippen molar-refractivity contribution >= 4 is 10.1 Å². The summed E-state index contributed by atoms with van der Waals surface area (Å²) in [5.41, 5.74) is 16.0. The van der Waals surface area contributed by atoms with E-state index in [0.717, 1.165) is 49.7 Å². The highest BCUT2D eigenvalue weighted by molar-refractivity contribution is 7.85. The van der Waals surface area contributed by atoms with Gasteiger partial charge in [-0.1, -0.05) is 130 Å². The van der Waals surface area contributed by atoms with Crippen molar-refractivity contribution in [2.45, 2.75) is 90.9 Å². The molecule has 0 fully saturated rings. The molecular weight excluding hydrogens is 597 g/mol. The summed E-state index contributed by atoms with van der Waals surface area (Å²) >= 11 is 0. The van der Waals surface area contributed by atoms with Gasteiger partial charge in [0.2, 0.25) is 0 Å². The van der Waals surface area contributed by atoms with E-state index in [2.05, 4.69) is 114 Å². The predicted octanol–water partition coefficient (Wildman–Crippen LogP) is 10.2. The summed E-state index contributed by atoms with van der Waals surface area (Å²) in [7, 11) is -4.43. The zero-order chi connectivity index (χ0) is 33.7. The van der Waals surface area contributed by atoms with Gasteiger partial charge in [0.25, 0.3) is 10.1 Å². The molecule has 0 aliphatic heterocycles. The molecule has 5 aromatic rings. The van der Waals surface area contributed by atoms with Crippen LogP contribution < -0.4 is 0 Å². The molecule has 0 radical (unpaired) electrons. The summed E-state index contributed by atoms with van der Waals surface area (Å²) in [5.74, 6) is -0.371. The third-order valence-corrected chi connectivity index (χ3v) is 10.5. The van der Waals surface area contributed by atoms with Crippen LogP contribution in [0.4, 0.5) is 0 Å². The minimum atomic E-state index is -4.43. The quantitative estimate of drug-likeness (QED) is 0.109. The van der Waals surface area contributed by atoms with Gasteiger partial charge in [-0.15, -0.1) is 0 Å². The van der Waals surface area contributed by atoms with Crippen LogP contribution in [0.5, 0.6) is 0 Å². The summed E-state index contributed by atoms with van der Waals surface area (Å²) in [5, 5.41) is 0. The predicted molar refractivity (Wildman–Crippen MR) is 196 cm³/mol. The summed E-state index contributed by atoms with van der Waals surface area (Å²) in [6, 6.07) is 33.2. The molecule has 0 unspecified atom stereocenters. The van der Waals surface area contributed by atoms with E-state index >= 15 is 0 Å². The number of benzene rings is 5. The van der Waals surface area contributed by atoms with Gasteiger partial charge in [0, 0.05) is 5.92 Å². The van der Waals surface area contributed by atoms with Crippen molar-refractivity contribution in [3.8, 4) is 0 Å². The second-order valence-corrected chi connectivity index (χ2v) is 14.2. The molecule has 0 aromatic heterocycles. The molecular formula is C43H48O3S. The van der Waals surface area contributed by atoms with Crippen molar-refractivity contribution in [1.82, 2.24) is 0 Å². The van der Waals surface area contributed by atoms with E-state index in [1.807, 2.05) is 12.1 Å². The lowest BCUT2D eigenvalue weighted by Crippen LogP contribution is -2.10. The molecule has 0 aliphatic carbocycles. The van der Waals surface area contributed by atoms with Crippen molar-refractivity contribution < 1.29 is 13.0 Å². The number of aryl methyl sites for hydroxylation is 6. The van der Waals surface area contributed by atoms with Crippen molar-refractivity contribution in [3.05, 3.63) is 169 Å². The lowest BCUT2D eigenvalue weighted by molar-refractivity contribution is 0.482. The van der Waals surface area contributed by atoms with Gasteiger partial charge < -0.3 is 0 Å². The van der Waals surface area contributed by atoms with Crippen LogP contribution in [0.2, 0.25) is 0 Å². The lowest BCUT2D eigenvalue weighted by Gasteiger charge is -2.22. The Hall–Kier alpha value is -3.99. The third-order valence-electron chi connectivity index (χ3n) is 9.58. The van der Waals surface area contributed by atoms with E-state index < -0.39 is 10.1 Å². The maximum Gasteiger partial charge on any atom is 0.294 e. The normalized spacial score (nSPS) is 11.7. The van der Waals surface area contributed by atoms with E-state index in [4.69, 9.17) is 0 Å². The smallest absolute Gasteiger partial charge is 0.282 e. The number of rotatable bonds is 12. The third kappa shape index (κ3) is 7.77. The van der Waals surface area contributed by atoms with Crippen LogP contribution in [-0.2, 0) is 48.6 Å². The highest BCUT2D eigenvalue weighted by atomic mass is 32.2. The minimum absolute atomic E-state index is 0.0576. The molecule has 0 bridgehead atoms. The maximum atomic E-state index is 12.6. The van der Waals surface area contributed by atoms with E-state index in [0.29, 0.717) is 5.56 Å². The molecule has 0 amide bonds. The van der Waals surface area contributed by atoms with Gasteiger partial charge >= 0.3 is 0 Å². The second kappa shape index (κ2) is 14.8. The average Bonchev–Trinajstić information content (AvgIpc) is 3.07. The Labute approximate surface area is 282 Å². The van der Waals surface area contributed by atoms with Crippen LogP contribution in [0.3, 0.4) is 0 Å². The van der Waals surface area contributed by atoms with E-state index in [9.17, 15) is 13.0 Å². The molecule has 5 rings (SSSR count). The first-order valence-electron chi connectivity index (χ1n) is 17.0. The molecule has 0 aliphatic rings. The Kier molecular flexibility index (Phi) is 10.8. The lowest BCUT2D eigenvalue weighted by atomic mass is 9.83. The number of hydrogen-bond donors (Lipinski definition) is 1. The van der Waals surface area contributed by atoms with Crippen LogP contribution in [0, 0.1) is 13.8 Å². The molecule has 0 heterocycles. The van der Waals surface area contributed by atoms with E-state index in [-0.39, 0.29) is 10.8 Å². The maximum absolute atomic E-state index is 12.6.